The van der Waals surface area contributed by atoms with E-state index in [0.717, 1.165) is 6.07 Å². The number of thioether (sulfide) groups is 1. The molecule has 122 valence electrons. The molecule has 0 saturated heterocycles. The van der Waals surface area contributed by atoms with Gasteiger partial charge in [0.2, 0.25) is 0 Å². The highest BCUT2D eigenvalue weighted by atomic mass is 32.2. The lowest BCUT2D eigenvalue weighted by atomic mass is 10.1. The number of carbonyl (C=O) groups is 1. The predicted octanol–water partition coefficient (Wildman–Crippen LogP) is 2.67. The molecule has 0 saturated carbocycles. The zero-order valence-corrected chi connectivity index (χ0v) is 12.4. The second kappa shape index (κ2) is 6.53. The van der Waals surface area contributed by atoms with Crippen molar-refractivity contribution in [3.05, 3.63) is 33.9 Å². The van der Waals surface area contributed by atoms with E-state index in [1.807, 2.05) is 0 Å². The quantitative estimate of drug-likeness (QED) is 0.636. The van der Waals surface area contributed by atoms with Crippen LogP contribution in [0.2, 0.25) is 0 Å². The van der Waals surface area contributed by atoms with Gasteiger partial charge < -0.3 is 10.4 Å². The SMILES string of the molecule is CSC[C@](C)(O)C(=O)Nc1ccc([N+](=O)[O-])c(C(F)(F)F)c1. The Labute approximate surface area is 127 Å². The maximum atomic E-state index is 12.8. The van der Waals surface area contributed by atoms with E-state index in [0.29, 0.717) is 12.1 Å². The third-order valence-electron chi connectivity index (χ3n) is 2.67. The van der Waals surface area contributed by atoms with Crippen molar-refractivity contribution >= 4 is 29.0 Å². The van der Waals surface area contributed by atoms with Crippen LogP contribution in [0.5, 0.6) is 0 Å². The van der Waals surface area contributed by atoms with Crippen LogP contribution in [0.3, 0.4) is 0 Å². The van der Waals surface area contributed by atoms with E-state index in [4.69, 9.17) is 0 Å². The molecule has 0 fully saturated rings. The number of rotatable bonds is 5. The fourth-order valence-electron chi connectivity index (χ4n) is 1.61. The Bertz CT molecular complexity index is 590. The molecule has 1 aromatic carbocycles. The van der Waals surface area contributed by atoms with Gasteiger partial charge in [0, 0.05) is 17.5 Å². The van der Waals surface area contributed by atoms with Crippen LogP contribution in [-0.4, -0.2) is 33.5 Å². The van der Waals surface area contributed by atoms with Crippen molar-refractivity contribution in [3.8, 4) is 0 Å². The Morgan fingerprint density at radius 3 is 2.50 bits per heavy atom. The monoisotopic (exact) mass is 338 g/mol. The van der Waals surface area contributed by atoms with Gasteiger partial charge in [-0.25, -0.2) is 0 Å². The molecule has 0 radical (unpaired) electrons. The summed E-state index contributed by atoms with van der Waals surface area (Å²) >= 11 is 1.18. The van der Waals surface area contributed by atoms with Gasteiger partial charge in [-0.15, -0.1) is 0 Å². The molecule has 0 aliphatic carbocycles. The Morgan fingerprint density at radius 2 is 2.05 bits per heavy atom. The first kappa shape index (κ1) is 18.2. The molecule has 0 aliphatic rings. The van der Waals surface area contributed by atoms with Gasteiger partial charge in [0.05, 0.1) is 4.92 Å². The third-order valence-corrected chi connectivity index (χ3v) is 3.52. The number of nitro benzene ring substituents is 1. The Hall–Kier alpha value is -1.81. The number of amides is 1. The molecule has 1 aromatic rings. The van der Waals surface area contributed by atoms with E-state index in [2.05, 4.69) is 5.32 Å². The second-order valence-electron chi connectivity index (χ2n) is 4.65. The first-order chi connectivity index (χ1) is 9.99. The van der Waals surface area contributed by atoms with Crippen molar-refractivity contribution < 1.29 is 28.0 Å². The minimum atomic E-state index is -4.94. The van der Waals surface area contributed by atoms with Crippen LogP contribution in [0, 0.1) is 10.1 Å². The number of aliphatic hydroxyl groups is 1. The molecule has 0 aromatic heterocycles. The summed E-state index contributed by atoms with van der Waals surface area (Å²) in [5.41, 5.74) is -4.65. The van der Waals surface area contributed by atoms with Crippen molar-refractivity contribution in [2.24, 2.45) is 0 Å². The van der Waals surface area contributed by atoms with Crippen molar-refractivity contribution in [1.82, 2.24) is 0 Å². The fraction of sp³-hybridized carbons (Fsp3) is 0.417. The maximum Gasteiger partial charge on any atom is 0.423 e. The van der Waals surface area contributed by atoms with Gasteiger partial charge in [-0.1, -0.05) is 0 Å². The molecule has 0 spiro atoms. The number of carbonyl (C=O) groups excluding carboxylic acids is 1. The smallest absolute Gasteiger partial charge is 0.379 e. The van der Waals surface area contributed by atoms with Crippen molar-refractivity contribution in [2.75, 3.05) is 17.3 Å². The van der Waals surface area contributed by atoms with E-state index in [-0.39, 0.29) is 11.4 Å². The topological polar surface area (TPSA) is 92.5 Å². The number of alkyl halides is 3. The standard InChI is InChI=1S/C12H13F3N2O4S/c1-11(19,6-22-2)10(18)16-7-3-4-9(17(20)21)8(5-7)12(13,14)15/h3-5,19H,6H2,1-2H3,(H,16,18)/t11-/m0/s1. The lowest BCUT2D eigenvalue weighted by Crippen LogP contribution is -2.42. The summed E-state index contributed by atoms with van der Waals surface area (Å²) in [7, 11) is 0. The van der Waals surface area contributed by atoms with Crippen LogP contribution in [0.4, 0.5) is 24.5 Å². The summed E-state index contributed by atoms with van der Waals surface area (Å²) in [5, 5.41) is 22.6. The minimum absolute atomic E-state index is 0.0396. The number of nitrogens with one attached hydrogen (secondary N) is 1. The van der Waals surface area contributed by atoms with Gasteiger partial charge in [0.25, 0.3) is 11.6 Å². The Morgan fingerprint density at radius 1 is 1.45 bits per heavy atom. The molecule has 1 rings (SSSR count). The lowest BCUT2D eigenvalue weighted by molar-refractivity contribution is -0.388. The Balaban J connectivity index is 3.13. The number of nitrogens with zero attached hydrogens (tertiary/aromatic N) is 1. The van der Waals surface area contributed by atoms with Crippen molar-refractivity contribution in [3.63, 3.8) is 0 Å². The lowest BCUT2D eigenvalue weighted by Gasteiger charge is -2.21. The zero-order valence-electron chi connectivity index (χ0n) is 11.6. The van der Waals surface area contributed by atoms with Gasteiger partial charge in [0.1, 0.15) is 11.2 Å². The van der Waals surface area contributed by atoms with Gasteiger partial charge in [-0.3, -0.25) is 14.9 Å². The summed E-state index contributed by atoms with van der Waals surface area (Å²) in [4.78, 5) is 21.3. The van der Waals surface area contributed by atoms with E-state index < -0.39 is 33.9 Å². The van der Waals surface area contributed by atoms with E-state index >= 15 is 0 Å². The van der Waals surface area contributed by atoms with Crippen LogP contribution >= 0.6 is 11.8 Å². The largest absolute Gasteiger partial charge is 0.423 e. The minimum Gasteiger partial charge on any atom is -0.379 e. The van der Waals surface area contributed by atoms with Crippen LogP contribution in [0.15, 0.2) is 18.2 Å². The second-order valence-corrected chi connectivity index (χ2v) is 5.51. The highest BCUT2D eigenvalue weighted by molar-refractivity contribution is 7.98. The normalized spacial score (nSPS) is 14.3. The van der Waals surface area contributed by atoms with Crippen molar-refractivity contribution in [2.45, 2.75) is 18.7 Å². The van der Waals surface area contributed by atoms with E-state index in [9.17, 15) is 33.2 Å². The average Bonchev–Trinajstić information content (AvgIpc) is 2.37. The molecule has 1 atom stereocenters. The van der Waals surface area contributed by atoms with E-state index in [1.165, 1.54) is 18.7 Å². The first-order valence-corrected chi connectivity index (χ1v) is 7.27. The van der Waals surface area contributed by atoms with E-state index in [1.54, 1.807) is 6.26 Å². The molecule has 0 heterocycles. The van der Waals surface area contributed by atoms with Gasteiger partial charge in [-0.05, 0) is 25.3 Å². The summed E-state index contributed by atoms with van der Waals surface area (Å²) in [6.45, 7) is 1.22. The maximum absolute atomic E-state index is 12.8. The molecule has 6 nitrogen and oxygen atoms in total. The number of anilines is 1. The number of hydrogen-bond donors (Lipinski definition) is 2. The predicted molar refractivity (Wildman–Crippen MR) is 75.7 cm³/mol. The van der Waals surface area contributed by atoms with Crippen LogP contribution in [0.1, 0.15) is 12.5 Å². The zero-order chi connectivity index (χ0) is 17.1. The average molecular weight is 338 g/mol. The van der Waals surface area contributed by atoms with Crippen LogP contribution in [-0.2, 0) is 11.0 Å². The number of hydrogen-bond acceptors (Lipinski definition) is 5. The highest BCUT2D eigenvalue weighted by Crippen LogP contribution is 2.37. The van der Waals surface area contributed by atoms with Gasteiger partial charge in [-0.2, -0.15) is 24.9 Å². The fourth-order valence-corrected chi connectivity index (χ4v) is 2.31. The van der Waals surface area contributed by atoms with Gasteiger partial charge >= 0.3 is 6.18 Å². The molecule has 0 aliphatic heterocycles. The summed E-state index contributed by atoms with van der Waals surface area (Å²) < 4.78 is 38.4. The number of benzene rings is 1. The summed E-state index contributed by atoms with van der Waals surface area (Å²) in [5.74, 6) is -0.860. The summed E-state index contributed by atoms with van der Waals surface area (Å²) in [6, 6.07) is 2.09. The van der Waals surface area contributed by atoms with Crippen LogP contribution < -0.4 is 5.32 Å². The Kier molecular flexibility index (Phi) is 5.41. The molecule has 0 bridgehead atoms. The molecular weight excluding hydrogens is 325 g/mol. The number of nitro groups is 1. The molecule has 2 N–H and O–H groups in total. The van der Waals surface area contributed by atoms with Gasteiger partial charge in [0.15, 0.2) is 0 Å². The molecule has 22 heavy (non-hydrogen) atoms. The molecule has 1 amide bonds. The van der Waals surface area contributed by atoms with Crippen molar-refractivity contribution in [1.29, 1.82) is 0 Å². The molecule has 0 unspecified atom stereocenters. The van der Waals surface area contributed by atoms with Crippen LogP contribution in [0.25, 0.3) is 0 Å². The highest BCUT2D eigenvalue weighted by Gasteiger charge is 2.39. The number of halogens is 3. The molecular formula is C12H13F3N2O4S. The first-order valence-electron chi connectivity index (χ1n) is 5.87. The third kappa shape index (κ3) is 4.34. The molecule has 10 heteroatoms. The summed E-state index contributed by atoms with van der Waals surface area (Å²) in [6.07, 6.45) is -3.29.